The summed E-state index contributed by atoms with van der Waals surface area (Å²) in [5.41, 5.74) is 7.27. The highest BCUT2D eigenvalue weighted by molar-refractivity contribution is 6.02. The van der Waals surface area contributed by atoms with Gasteiger partial charge in [0.2, 0.25) is 5.91 Å². The molecule has 1 heterocycles. The van der Waals surface area contributed by atoms with Gasteiger partial charge in [0.05, 0.1) is 18.7 Å². The van der Waals surface area contributed by atoms with Gasteiger partial charge in [0.25, 0.3) is 5.91 Å². The van der Waals surface area contributed by atoms with Crippen LogP contribution < -0.4 is 15.2 Å². The number of benzene rings is 2. The lowest BCUT2D eigenvalue weighted by Gasteiger charge is -2.26. The van der Waals surface area contributed by atoms with Crippen molar-refractivity contribution in [3.8, 4) is 11.5 Å². The van der Waals surface area contributed by atoms with Gasteiger partial charge in [-0.15, -0.1) is 0 Å². The second-order valence-electron chi connectivity index (χ2n) is 9.91. The SMILES string of the molecule is COCCOc1cc(OCc2ccc(C=O)cc2)c2c(c1)C(=O)N([C@@H](CCC(=O)OC(C)(C)C)C(N)=O)C2. The summed E-state index contributed by atoms with van der Waals surface area (Å²) < 4.78 is 22.2. The van der Waals surface area contributed by atoms with Crippen molar-refractivity contribution in [3.63, 3.8) is 0 Å². The average Bonchev–Trinajstić information content (AvgIpc) is 3.18. The van der Waals surface area contributed by atoms with Crippen molar-refractivity contribution in [2.24, 2.45) is 5.73 Å². The van der Waals surface area contributed by atoms with Crippen LogP contribution in [0.2, 0.25) is 0 Å². The second-order valence-corrected chi connectivity index (χ2v) is 9.91. The highest BCUT2D eigenvalue weighted by Gasteiger charge is 2.38. The molecule has 0 aliphatic carbocycles. The zero-order valence-corrected chi connectivity index (χ0v) is 22.2. The van der Waals surface area contributed by atoms with Crippen LogP contribution in [-0.2, 0) is 32.2 Å². The van der Waals surface area contributed by atoms with E-state index in [9.17, 15) is 19.2 Å². The molecule has 0 unspecified atom stereocenters. The molecule has 0 aromatic heterocycles. The Labute approximate surface area is 222 Å². The Morgan fingerprint density at radius 3 is 2.42 bits per heavy atom. The summed E-state index contributed by atoms with van der Waals surface area (Å²) in [4.78, 5) is 50.3. The van der Waals surface area contributed by atoms with Crippen LogP contribution in [0.1, 0.15) is 65.5 Å². The largest absolute Gasteiger partial charge is 0.491 e. The molecule has 10 nitrogen and oxygen atoms in total. The van der Waals surface area contributed by atoms with E-state index in [1.165, 1.54) is 4.90 Å². The molecule has 3 rings (SSSR count). The third-order valence-electron chi connectivity index (χ3n) is 5.82. The second kappa shape index (κ2) is 12.6. The Morgan fingerprint density at radius 1 is 1.11 bits per heavy atom. The van der Waals surface area contributed by atoms with E-state index in [0.29, 0.717) is 34.8 Å². The van der Waals surface area contributed by atoms with Gasteiger partial charge >= 0.3 is 5.97 Å². The third-order valence-corrected chi connectivity index (χ3v) is 5.82. The Balaban J connectivity index is 1.83. The number of carbonyl (C=O) groups excluding carboxylic acids is 4. The monoisotopic (exact) mass is 526 g/mol. The fourth-order valence-electron chi connectivity index (χ4n) is 4.03. The van der Waals surface area contributed by atoms with Gasteiger partial charge in [-0.25, -0.2) is 0 Å². The molecule has 204 valence electrons. The van der Waals surface area contributed by atoms with Crippen molar-refractivity contribution in [1.82, 2.24) is 4.90 Å². The molecule has 0 fully saturated rings. The fourth-order valence-corrected chi connectivity index (χ4v) is 4.03. The first-order chi connectivity index (χ1) is 18.0. The van der Waals surface area contributed by atoms with E-state index in [4.69, 9.17) is 24.7 Å². The fraction of sp³-hybridized carbons (Fsp3) is 0.429. The van der Waals surface area contributed by atoms with E-state index in [1.54, 1.807) is 64.3 Å². The smallest absolute Gasteiger partial charge is 0.306 e. The summed E-state index contributed by atoms with van der Waals surface area (Å²) >= 11 is 0. The number of carbonyl (C=O) groups is 4. The first kappa shape index (κ1) is 28.6. The van der Waals surface area contributed by atoms with E-state index in [0.717, 1.165) is 11.8 Å². The Bertz CT molecular complexity index is 1170. The number of primary amides is 1. The number of ether oxygens (including phenoxy) is 4. The topological polar surface area (TPSA) is 134 Å². The first-order valence-electron chi connectivity index (χ1n) is 12.3. The van der Waals surface area contributed by atoms with E-state index in [-0.39, 0.29) is 32.6 Å². The van der Waals surface area contributed by atoms with Gasteiger partial charge in [0.15, 0.2) is 0 Å². The molecule has 0 radical (unpaired) electrons. The number of hydrogen-bond donors (Lipinski definition) is 1. The molecule has 1 aliphatic heterocycles. The molecule has 1 atom stereocenters. The highest BCUT2D eigenvalue weighted by Crippen LogP contribution is 2.37. The number of nitrogens with zero attached hydrogens (tertiary/aromatic N) is 1. The molecule has 2 aromatic rings. The molecule has 2 aromatic carbocycles. The lowest BCUT2D eigenvalue weighted by molar-refractivity contribution is -0.155. The van der Waals surface area contributed by atoms with E-state index < -0.39 is 29.4 Å². The lowest BCUT2D eigenvalue weighted by Crippen LogP contribution is -2.45. The minimum atomic E-state index is -1.01. The molecular formula is C28H34N2O8. The molecule has 1 aliphatic rings. The average molecular weight is 527 g/mol. The maximum atomic E-state index is 13.4. The quantitative estimate of drug-likeness (QED) is 0.239. The number of fused-ring (bicyclic) bond motifs is 1. The summed E-state index contributed by atoms with van der Waals surface area (Å²) in [6.45, 7) is 6.13. The third kappa shape index (κ3) is 7.55. The minimum Gasteiger partial charge on any atom is -0.491 e. The normalized spacial score (nSPS) is 13.6. The van der Waals surface area contributed by atoms with Crippen molar-refractivity contribution >= 4 is 24.1 Å². The molecule has 0 spiro atoms. The number of amides is 2. The van der Waals surface area contributed by atoms with Gasteiger partial charge in [-0.2, -0.15) is 0 Å². The summed E-state index contributed by atoms with van der Waals surface area (Å²) in [5, 5.41) is 0. The highest BCUT2D eigenvalue weighted by atomic mass is 16.6. The number of aldehydes is 1. The predicted octanol–water partition coefficient (Wildman–Crippen LogP) is 3.03. The van der Waals surface area contributed by atoms with Gasteiger partial charge in [0, 0.05) is 30.7 Å². The van der Waals surface area contributed by atoms with Crippen LogP contribution in [0.3, 0.4) is 0 Å². The molecule has 38 heavy (non-hydrogen) atoms. The number of nitrogens with two attached hydrogens (primary N) is 1. The summed E-state index contributed by atoms with van der Waals surface area (Å²) in [7, 11) is 1.55. The summed E-state index contributed by atoms with van der Waals surface area (Å²) in [6, 6.07) is 9.21. The Hall–Kier alpha value is -3.92. The maximum absolute atomic E-state index is 13.4. The molecule has 2 N–H and O–H groups in total. The molecular weight excluding hydrogens is 492 g/mol. The maximum Gasteiger partial charge on any atom is 0.306 e. The van der Waals surface area contributed by atoms with E-state index in [1.807, 2.05) is 0 Å². The van der Waals surface area contributed by atoms with Gasteiger partial charge in [-0.05, 0) is 38.8 Å². The van der Waals surface area contributed by atoms with Crippen LogP contribution in [-0.4, -0.2) is 60.9 Å². The van der Waals surface area contributed by atoms with Gasteiger partial charge in [-0.3, -0.25) is 19.2 Å². The van der Waals surface area contributed by atoms with Gasteiger partial charge in [0.1, 0.15) is 42.6 Å². The van der Waals surface area contributed by atoms with Crippen LogP contribution in [0.15, 0.2) is 36.4 Å². The number of hydrogen-bond acceptors (Lipinski definition) is 8. The van der Waals surface area contributed by atoms with Crippen LogP contribution in [0.5, 0.6) is 11.5 Å². The lowest BCUT2D eigenvalue weighted by atomic mass is 10.1. The molecule has 2 amide bonds. The van der Waals surface area contributed by atoms with Crippen LogP contribution in [0.4, 0.5) is 0 Å². The molecule has 10 heteroatoms. The summed E-state index contributed by atoms with van der Waals surface area (Å²) in [6.07, 6.45) is 0.716. The van der Waals surface area contributed by atoms with E-state index >= 15 is 0 Å². The Kier molecular flexibility index (Phi) is 9.46. The van der Waals surface area contributed by atoms with Gasteiger partial charge in [-0.1, -0.05) is 24.3 Å². The molecule has 0 saturated carbocycles. The van der Waals surface area contributed by atoms with Crippen LogP contribution >= 0.6 is 0 Å². The van der Waals surface area contributed by atoms with Crippen molar-refractivity contribution < 1.29 is 38.1 Å². The molecule has 0 bridgehead atoms. The van der Waals surface area contributed by atoms with Crippen molar-refractivity contribution in [1.29, 1.82) is 0 Å². The van der Waals surface area contributed by atoms with Crippen molar-refractivity contribution in [2.45, 2.75) is 58.4 Å². The number of methoxy groups -OCH3 is 1. The van der Waals surface area contributed by atoms with Gasteiger partial charge < -0.3 is 29.6 Å². The standard InChI is InChI=1S/C28H34N2O8/c1-28(2,3)38-25(32)10-9-23(26(29)33)30-15-22-21(27(30)34)13-20(36-12-11-35-4)14-24(22)37-17-19-7-5-18(16-31)6-8-19/h5-8,13-14,16,23H,9-12,15,17H2,1-4H3,(H2,29,33)/t23-/m0/s1. The van der Waals surface area contributed by atoms with Crippen LogP contribution in [0.25, 0.3) is 0 Å². The summed E-state index contributed by atoms with van der Waals surface area (Å²) in [5.74, 6) is -0.784. The zero-order valence-electron chi connectivity index (χ0n) is 22.2. The minimum absolute atomic E-state index is 0.0282. The van der Waals surface area contributed by atoms with Crippen molar-refractivity contribution in [2.75, 3.05) is 20.3 Å². The van der Waals surface area contributed by atoms with E-state index in [2.05, 4.69) is 0 Å². The number of esters is 1. The zero-order chi connectivity index (χ0) is 27.9. The van der Waals surface area contributed by atoms with Crippen LogP contribution in [0, 0.1) is 0 Å². The molecule has 0 saturated heterocycles. The predicted molar refractivity (Wildman–Crippen MR) is 138 cm³/mol. The Morgan fingerprint density at radius 2 is 1.82 bits per heavy atom. The first-order valence-corrected chi connectivity index (χ1v) is 12.3. The number of rotatable bonds is 13. The van der Waals surface area contributed by atoms with Crippen molar-refractivity contribution in [3.05, 3.63) is 58.7 Å².